The van der Waals surface area contributed by atoms with Crippen molar-refractivity contribution in [1.29, 1.82) is 0 Å². The van der Waals surface area contributed by atoms with Gasteiger partial charge in [0.2, 0.25) is 5.91 Å². The first-order valence-electron chi connectivity index (χ1n) is 7.73. The fraction of sp³-hybridized carbons (Fsp3) is 0.588. The van der Waals surface area contributed by atoms with E-state index in [1.54, 1.807) is 0 Å². The van der Waals surface area contributed by atoms with E-state index in [2.05, 4.69) is 43.2 Å². The van der Waals surface area contributed by atoms with Crippen molar-refractivity contribution in [2.45, 2.75) is 46.7 Å². The van der Waals surface area contributed by atoms with Crippen LogP contribution in [0.3, 0.4) is 0 Å². The van der Waals surface area contributed by atoms with Gasteiger partial charge in [0.1, 0.15) is 0 Å². The predicted molar refractivity (Wildman–Crippen MR) is 89.7 cm³/mol. The molecule has 1 amide bonds. The number of amides is 1. The Morgan fingerprint density at radius 2 is 1.67 bits per heavy atom. The van der Waals surface area contributed by atoms with Gasteiger partial charge in [0.05, 0.1) is 6.54 Å². The second kappa shape index (κ2) is 8.80. The average molecular weight is 291 g/mol. The van der Waals surface area contributed by atoms with Crippen LogP contribution < -0.4 is 10.6 Å². The van der Waals surface area contributed by atoms with Crippen LogP contribution in [0.4, 0.5) is 5.69 Å². The van der Waals surface area contributed by atoms with Gasteiger partial charge in [0.25, 0.3) is 0 Å². The van der Waals surface area contributed by atoms with Crippen LogP contribution in [0.2, 0.25) is 0 Å². The Kier molecular flexibility index (Phi) is 7.40. The Morgan fingerprint density at radius 3 is 2.19 bits per heavy atom. The molecule has 4 nitrogen and oxygen atoms in total. The summed E-state index contributed by atoms with van der Waals surface area (Å²) in [6, 6.07) is 8.87. The average Bonchev–Trinajstić information content (AvgIpc) is 2.40. The van der Waals surface area contributed by atoms with Crippen LogP contribution in [-0.2, 0) is 4.79 Å². The van der Waals surface area contributed by atoms with Gasteiger partial charge in [0, 0.05) is 30.9 Å². The maximum Gasteiger partial charge on any atom is 0.238 e. The standard InChI is InChI=1S/C17H29N3O/c1-13(2)20(14(3)4)11-10-18-12-17(21)19-16-8-6-15(5)7-9-16/h6-9,13-14,18H,10-12H2,1-5H3,(H,19,21). The summed E-state index contributed by atoms with van der Waals surface area (Å²) in [5.74, 6) is -0.000466. The zero-order valence-electron chi connectivity index (χ0n) is 13.9. The third-order valence-electron chi connectivity index (χ3n) is 3.49. The molecule has 0 saturated heterocycles. The molecule has 4 heteroatoms. The summed E-state index contributed by atoms with van der Waals surface area (Å²) in [6.07, 6.45) is 0. The molecule has 0 aliphatic rings. The van der Waals surface area contributed by atoms with Crippen molar-refractivity contribution < 1.29 is 4.79 Å². The Morgan fingerprint density at radius 1 is 1.10 bits per heavy atom. The summed E-state index contributed by atoms with van der Waals surface area (Å²) in [4.78, 5) is 14.2. The molecule has 0 spiro atoms. The van der Waals surface area contributed by atoms with E-state index in [0.29, 0.717) is 18.6 Å². The minimum Gasteiger partial charge on any atom is -0.325 e. The first kappa shape index (κ1) is 17.7. The molecule has 0 fully saturated rings. The number of rotatable bonds is 8. The molecule has 2 N–H and O–H groups in total. The van der Waals surface area contributed by atoms with E-state index in [1.165, 1.54) is 5.56 Å². The van der Waals surface area contributed by atoms with Crippen molar-refractivity contribution in [2.75, 3.05) is 25.0 Å². The van der Waals surface area contributed by atoms with Crippen molar-refractivity contribution in [1.82, 2.24) is 10.2 Å². The SMILES string of the molecule is Cc1ccc(NC(=O)CNCCN(C(C)C)C(C)C)cc1. The number of hydrogen-bond donors (Lipinski definition) is 2. The molecule has 0 aromatic heterocycles. The molecule has 1 aromatic carbocycles. The van der Waals surface area contributed by atoms with Crippen molar-refractivity contribution in [2.24, 2.45) is 0 Å². The van der Waals surface area contributed by atoms with E-state index in [1.807, 2.05) is 31.2 Å². The largest absolute Gasteiger partial charge is 0.325 e. The van der Waals surface area contributed by atoms with Gasteiger partial charge in [0.15, 0.2) is 0 Å². The topological polar surface area (TPSA) is 44.4 Å². The lowest BCUT2D eigenvalue weighted by molar-refractivity contribution is -0.115. The lowest BCUT2D eigenvalue weighted by atomic mass is 10.2. The monoisotopic (exact) mass is 291 g/mol. The van der Waals surface area contributed by atoms with E-state index in [9.17, 15) is 4.79 Å². The first-order chi connectivity index (χ1) is 9.90. The van der Waals surface area contributed by atoms with Gasteiger partial charge < -0.3 is 10.6 Å². The Hall–Kier alpha value is -1.39. The van der Waals surface area contributed by atoms with Crippen molar-refractivity contribution >= 4 is 11.6 Å². The lowest BCUT2D eigenvalue weighted by Gasteiger charge is -2.30. The van der Waals surface area contributed by atoms with E-state index in [4.69, 9.17) is 0 Å². The Bertz CT molecular complexity index is 418. The van der Waals surface area contributed by atoms with Crippen molar-refractivity contribution in [3.63, 3.8) is 0 Å². The minimum absolute atomic E-state index is 0.000466. The summed E-state index contributed by atoms with van der Waals surface area (Å²) < 4.78 is 0. The zero-order chi connectivity index (χ0) is 15.8. The number of nitrogens with zero attached hydrogens (tertiary/aromatic N) is 1. The fourth-order valence-electron chi connectivity index (χ4n) is 2.36. The molecule has 1 rings (SSSR count). The Balaban J connectivity index is 2.26. The molecule has 0 heterocycles. The smallest absolute Gasteiger partial charge is 0.238 e. The van der Waals surface area contributed by atoms with Gasteiger partial charge in [-0.25, -0.2) is 0 Å². The van der Waals surface area contributed by atoms with E-state index >= 15 is 0 Å². The minimum atomic E-state index is -0.000466. The maximum absolute atomic E-state index is 11.8. The molecule has 0 aliphatic carbocycles. The maximum atomic E-state index is 11.8. The fourth-order valence-corrected chi connectivity index (χ4v) is 2.36. The number of nitrogens with one attached hydrogen (secondary N) is 2. The van der Waals surface area contributed by atoms with Crippen LogP contribution >= 0.6 is 0 Å². The number of aryl methyl sites for hydroxylation is 1. The molecular formula is C17H29N3O. The zero-order valence-corrected chi connectivity index (χ0v) is 13.9. The second-order valence-corrected chi connectivity index (χ2v) is 6.02. The summed E-state index contributed by atoms with van der Waals surface area (Å²) in [6.45, 7) is 12.9. The highest BCUT2D eigenvalue weighted by molar-refractivity contribution is 5.92. The van der Waals surface area contributed by atoms with Crippen LogP contribution in [0, 0.1) is 6.92 Å². The Labute approximate surface area is 128 Å². The van der Waals surface area contributed by atoms with Crippen LogP contribution in [0.5, 0.6) is 0 Å². The third kappa shape index (κ3) is 6.74. The molecular weight excluding hydrogens is 262 g/mol. The van der Waals surface area contributed by atoms with Gasteiger partial charge in [-0.2, -0.15) is 0 Å². The molecule has 0 bridgehead atoms. The van der Waals surface area contributed by atoms with Crippen LogP contribution in [-0.4, -0.2) is 42.5 Å². The number of benzene rings is 1. The van der Waals surface area contributed by atoms with Gasteiger partial charge in [-0.1, -0.05) is 17.7 Å². The van der Waals surface area contributed by atoms with Crippen LogP contribution in [0.25, 0.3) is 0 Å². The molecule has 0 atom stereocenters. The molecule has 118 valence electrons. The molecule has 0 unspecified atom stereocenters. The summed E-state index contributed by atoms with van der Waals surface area (Å²) in [5.41, 5.74) is 2.03. The van der Waals surface area contributed by atoms with Gasteiger partial charge in [-0.3, -0.25) is 9.69 Å². The van der Waals surface area contributed by atoms with Crippen LogP contribution in [0.1, 0.15) is 33.3 Å². The highest BCUT2D eigenvalue weighted by atomic mass is 16.1. The summed E-state index contributed by atoms with van der Waals surface area (Å²) >= 11 is 0. The highest BCUT2D eigenvalue weighted by Gasteiger charge is 2.12. The van der Waals surface area contributed by atoms with Crippen LogP contribution in [0.15, 0.2) is 24.3 Å². The lowest BCUT2D eigenvalue weighted by Crippen LogP contribution is -2.42. The summed E-state index contributed by atoms with van der Waals surface area (Å²) in [7, 11) is 0. The van der Waals surface area contributed by atoms with E-state index in [0.717, 1.165) is 18.8 Å². The van der Waals surface area contributed by atoms with Gasteiger partial charge in [-0.05, 0) is 46.8 Å². The predicted octanol–water partition coefficient (Wildman–Crippen LogP) is 2.64. The quantitative estimate of drug-likeness (QED) is 0.724. The number of hydrogen-bond acceptors (Lipinski definition) is 3. The second-order valence-electron chi connectivity index (χ2n) is 6.02. The van der Waals surface area contributed by atoms with Gasteiger partial charge >= 0.3 is 0 Å². The van der Waals surface area contributed by atoms with Crippen molar-refractivity contribution in [3.8, 4) is 0 Å². The van der Waals surface area contributed by atoms with Gasteiger partial charge in [-0.15, -0.1) is 0 Å². The molecule has 0 radical (unpaired) electrons. The third-order valence-corrected chi connectivity index (χ3v) is 3.49. The molecule has 0 saturated carbocycles. The molecule has 1 aromatic rings. The highest BCUT2D eigenvalue weighted by Crippen LogP contribution is 2.08. The number of carbonyl (C=O) groups is 1. The van der Waals surface area contributed by atoms with E-state index in [-0.39, 0.29) is 5.91 Å². The number of anilines is 1. The normalized spacial score (nSPS) is 11.4. The molecule has 0 aliphatic heterocycles. The first-order valence-corrected chi connectivity index (χ1v) is 7.73. The van der Waals surface area contributed by atoms with E-state index < -0.39 is 0 Å². The molecule has 21 heavy (non-hydrogen) atoms. The number of carbonyl (C=O) groups excluding carboxylic acids is 1. The summed E-state index contributed by atoms with van der Waals surface area (Å²) in [5, 5.41) is 6.09. The van der Waals surface area contributed by atoms with Crippen molar-refractivity contribution in [3.05, 3.63) is 29.8 Å².